The lowest BCUT2D eigenvalue weighted by molar-refractivity contribution is 0.735. The molecule has 16 heavy (non-hydrogen) atoms. The second kappa shape index (κ2) is 5.70. The zero-order valence-electron chi connectivity index (χ0n) is 8.90. The molecule has 2 aromatic rings. The van der Waals surface area contributed by atoms with Crippen molar-refractivity contribution in [3.63, 3.8) is 0 Å². The summed E-state index contributed by atoms with van der Waals surface area (Å²) in [5, 5.41) is 7.50. The summed E-state index contributed by atoms with van der Waals surface area (Å²) in [6.45, 7) is 3.90. The lowest BCUT2D eigenvalue weighted by atomic mass is 10.1. The minimum atomic E-state index is 0.843. The number of nitrogens with one attached hydrogen (secondary N) is 1. The van der Waals surface area contributed by atoms with Gasteiger partial charge in [-0.2, -0.15) is 0 Å². The van der Waals surface area contributed by atoms with Gasteiger partial charge in [-0.05, 0) is 52.8 Å². The highest BCUT2D eigenvalue weighted by atomic mass is 127. The minimum absolute atomic E-state index is 0.843. The molecule has 0 fully saturated rings. The third-order valence-corrected chi connectivity index (χ3v) is 3.65. The predicted octanol–water partition coefficient (Wildman–Crippen LogP) is 2.92. The average molecular weight is 345 g/mol. The second-order valence-electron chi connectivity index (χ2n) is 3.33. The van der Waals surface area contributed by atoms with Crippen molar-refractivity contribution < 1.29 is 0 Å². The van der Waals surface area contributed by atoms with Gasteiger partial charge in [0.1, 0.15) is 5.69 Å². The quantitative estimate of drug-likeness (QED) is 0.866. The van der Waals surface area contributed by atoms with Crippen LogP contribution in [0.25, 0.3) is 11.3 Å². The van der Waals surface area contributed by atoms with E-state index < -0.39 is 0 Å². The highest BCUT2D eigenvalue weighted by Crippen LogP contribution is 2.24. The van der Waals surface area contributed by atoms with Gasteiger partial charge in [0.25, 0.3) is 0 Å². The Hall–Kier alpha value is -0.530. The molecule has 1 aromatic heterocycles. The van der Waals surface area contributed by atoms with Crippen molar-refractivity contribution in [2.75, 3.05) is 6.54 Å². The lowest BCUT2D eigenvalue weighted by Gasteiger charge is -2.01. The molecule has 0 saturated carbocycles. The van der Waals surface area contributed by atoms with E-state index in [2.05, 4.69) is 68.7 Å². The molecule has 0 aliphatic heterocycles. The molecule has 1 aromatic carbocycles. The molecule has 5 heteroatoms. The smallest absolute Gasteiger partial charge is 0.110 e. The van der Waals surface area contributed by atoms with Crippen molar-refractivity contribution in [1.82, 2.24) is 14.9 Å². The first-order valence-electron chi connectivity index (χ1n) is 5.09. The van der Waals surface area contributed by atoms with Gasteiger partial charge in [-0.25, -0.2) is 0 Å². The van der Waals surface area contributed by atoms with Crippen LogP contribution < -0.4 is 5.32 Å². The van der Waals surface area contributed by atoms with Crippen LogP contribution in [0.5, 0.6) is 0 Å². The molecule has 0 saturated heterocycles. The Kier molecular flexibility index (Phi) is 4.25. The maximum absolute atomic E-state index is 4.20. The molecule has 0 amide bonds. The molecule has 0 radical (unpaired) electrons. The molecule has 0 aliphatic rings. The maximum atomic E-state index is 4.20. The normalized spacial score (nSPS) is 10.6. The third-order valence-electron chi connectivity index (χ3n) is 2.21. The Morgan fingerprint density at radius 1 is 1.31 bits per heavy atom. The van der Waals surface area contributed by atoms with Crippen molar-refractivity contribution in [1.29, 1.82) is 0 Å². The van der Waals surface area contributed by atoms with Gasteiger partial charge in [0, 0.05) is 15.7 Å². The minimum Gasteiger partial charge on any atom is -0.312 e. The number of halogens is 1. The fourth-order valence-corrected chi connectivity index (χ4v) is 2.38. The van der Waals surface area contributed by atoms with E-state index in [1.807, 2.05) is 0 Å². The van der Waals surface area contributed by atoms with Crippen LogP contribution in [0, 0.1) is 3.57 Å². The SMILES string of the molecule is CCNCc1snnc1-c1ccc(I)cc1. The third kappa shape index (κ3) is 2.78. The van der Waals surface area contributed by atoms with Crippen LogP contribution in [-0.4, -0.2) is 16.1 Å². The van der Waals surface area contributed by atoms with Crippen molar-refractivity contribution in [3.8, 4) is 11.3 Å². The van der Waals surface area contributed by atoms with Crippen molar-refractivity contribution in [2.24, 2.45) is 0 Å². The molecule has 1 N–H and O–H groups in total. The fourth-order valence-electron chi connectivity index (χ4n) is 1.39. The van der Waals surface area contributed by atoms with Crippen LogP contribution in [-0.2, 0) is 6.54 Å². The highest BCUT2D eigenvalue weighted by molar-refractivity contribution is 14.1. The zero-order chi connectivity index (χ0) is 11.4. The largest absolute Gasteiger partial charge is 0.312 e. The summed E-state index contributed by atoms with van der Waals surface area (Å²) >= 11 is 3.76. The van der Waals surface area contributed by atoms with Gasteiger partial charge in [0.2, 0.25) is 0 Å². The van der Waals surface area contributed by atoms with Crippen LogP contribution in [0.1, 0.15) is 11.8 Å². The van der Waals surface area contributed by atoms with Crippen molar-refractivity contribution >= 4 is 34.1 Å². The summed E-state index contributed by atoms with van der Waals surface area (Å²) in [5.41, 5.74) is 2.14. The lowest BCUT2D eigenvalue weighted by Crippen LogP contribution is -2.11. The summed E-state index contributed by atoms with van der Waals surface area (Å²) in [6, 6.07) is 8.36. The summed E-state index contributed by atoms with van der Waals surface area (Å²) in [6.07, 6.45) is 0. The summed E-state index contributed by atoms with van der Waals surface area (Å²) in [7, 11) is 0. The summed E-state index contributed by atoms with van der Waals surface area (Å²) < 4.78 is 5.26. The standard InChI is InChI=1S/C11H12IN3S/c1-2-13-7-10-11(14-15-16-10)8-3-5-9(12)6-4-8/h3-6,13H,2,7H2,1H3. The molecule has 0 aliphatic carbocycles. The number of hydrogen-bond donors (Lipinski definition) is 1. The van der Waals surface area contributed by atoms with Gasteiger partial charge in [0.05, 0.1) is 4.88 Å². The zero-order valence-corrected chi connectivity index (χ0v) is 11.9. The molecule has 2 rings (SSSR count). The Morgan fingerprint density at radius 3 is 2.75 bits per heavy atom. The number of hydrogen-bond acceptors (Lipinski definition) is 4. The topological polar surface area (TPSA) is 37.8 Å². The number of nitrogens with zero attached hydrogens (tertiary/aromatic N) is 2. The average Bonchev–Trinajstić information content (AvgIpc) is 2.75. The molecule has 84 valence electrons. The highest BCUT2D eigenvalue weighted by Gasteiger charge is 2.09. The Balaban J connectivity index is 2.26. The summed E-state index contributed by atoms with van der Waals surface area (Å²) in [5.74, 6) is 0. The van der Waals surface area contributed by atoms with Crippen molar-refractivity contribution in [3.05, 3.63) is 32.7 Å². The Bertz CT molecular complexity index is 453. The van der Waals surface area contributed by atoms with E-state index in [-0.39, 0.29) is 0 Å². The number of rotatable bonds is 4. The van der Waals surface area contributed by atoms with E-state index in [0.29, 0.717) is 0 Å². The monoisotopic (exact) mass is 345 g/mol. The van der Waals surface area contributed by atoms with Gasteiger partial charge in [-0.3, -0.25) is 0 Å². The van der Waals surface area contributed by atoms with Crippen LogP contribution in [0.3, 0.4) is 0 Å². The summed E-state index contributed by atoms with van der Waals surface area (Å²) in [4.78, 5) is 1.20. The molecular weight excluding hydrogens is 333 g/mol. The second-order valence-corrected chi connectivity index (χ2v) is 5.42. The van der Waals surface area contributed by atoms with Gasteiger partial charge in [-0.1, -0.05) is 23.5 Å². The number of aromatic nitrogens is 2. The Morgan fingerprint density at radius 2 is 2.06 bits per heavy atom. The maximum Gasteiger partial charge on any atom is 0.110 e. The van der Waals surface area contributed by atoms with E-state index in [4.69, 9.17) is 0 Å². The fraction of sp³-hybridized carbons (Fsp3) is 0.273. The van der Waals surface area contributed by atoms with E-state index >= 15 is 0 Å². The van der Waals surface area contributed by atoms with E-state index in [1.165, 1.54) is 20.0 Å². The van der Waals surface area contributed by atoms with Crippen LogP contribution in [0.2, 0.25) is 0 Å². The van der Waals surface area contributed by atoms with Gasteiger partial charge >= 0.3 is 0 Å². The van der Waals surface area contributed by atoms with E-state index in [1.54, 1.807) is 0 Å². The molecular formula is C11H12IN3S. The first-order chi connectivity index (χ1) is 7.81. The van der Waals surface area contributed by atoms with Crippen LogP contribution in [0.15, 0.2) is 24.3 Å². The molecule has 0 bridgehead atoms. The number of benzene rings is 1. The van der Waals surface area contributed by atoms with Gasteiger partial charge in [0.15, 0.2) is 0 Å². The molecule has 0 atom stereocenters. The predicted molar refractivity (Wildman–Crippen MR) is 75.4 cm³/mol. The molecule has 0 spiro atoms. The Labute approximate surface area is 113 Å². The van der Waals surface area contributed by atoms with Gasteiger partial charge in [-0.15, -0.1) is 5.10 Å². The molecule has 1 heterocycles. The molecule has 3 nitrogen and oxygen atoms in total. The van der Waals surface area contributed by atoms with E-state index in [9.17, 15) is 0 Å². The van der Waals surface area contributed by atoms with Crippen LogP contribution in [0.4, 0.5) is 0 Å². The first kappa shape index (κ1) is 11.9. The first-order valence-corrected chi connectivity index (χ1v) is 6.94. The molecule has 0 unspecified atom stereocenters. The van der Waals surface area contributed by atoms with Crippen LogP contribution >= 0.6 is 34.1 Å². The van der Waals surface area contributed by atoms with Crippen molar-refractivity contribution in [2.45, 2.75) is 13.5 Å². The van der Waals surface area contributed by atoms with E-state index in [0.717, 1.165) is 24.3 Å². The van der Waals surface area contributed by atoms with Gasteiger partial charge < -0.3 is 5.32 Å².